The van der Waals surface area contributed by atoms with Crippen molar-refractivity contribution >= 4 is 5.95 Å². The highest BCUT2D eigenvalue weighted by atomic mass is 16.5. The van der Waals surface area contributed by atoms with E-state index in [1.807, 2.05) is 6.92 Å². The van der Waals surface area contributed by atoms with Gasteiger partial charge in [0.1, 0.15) is 0 Å². The molecule has 0 aliphatic rings. The number of rotatable bonds is 9. The minimum absolute atomic E-state index is 0.259. The summed E-state index contributed by atoms with van der Waals surface area (Å²) in [7, 11) is 3.45. The molecule has 1 aromatic heterocycles. The summed E-state index contributed by atoms with van der Waals surface area (Å²) in [6.07, 6.45) is 4.24. The zero-order chi connectivity index (χ0) is 13.4. The molecule has 0 aliphatic heterocycles. The van der Waals surface area contributed by atoms with Crippen LogP contribution in [0.4, 0.5) is 5.95 Å². The first-order valence-corrected chi connectivity index (χ1v) is 6.45. The Labute approximate surface area is 109 Å². The van der Waals surface area contributed by atoms with Gasteiger partial charge >= 0.3 is 0 Å². The molecule has 0 spiro atoms. The molecule has 1 unspecified atom stereocenters. The van der Waals surface area contributed by atoms with E-state index in [9.17, 15) is 0 Å². The third kappa shape index (κ3) is 5.06. The van der Waals surface area contributed by atoms with Crippen molar-refractivity contribution < 1.29 is 9.47 Å². The van der Waals surface area contributed by atoms with Crippen molar-refractivity contribution in [2.75, 3.05) is 32.8 Å². The highest BCUT2D eigenvalue weighted by Gasteiger charge is 2.08. The molecule has 104 valence electrons. The second-order valence-electron chi connectivity index (χ2n) is 4.60. The average molecular weight is 255 g/mol. The molecule has 1 heterocycles. The van der Waals surface area contributed by atoms with Crippen molar-refractivity contribution in [3.8, 4) is 0 Å². The van der Waals surface area contributed by atoms with Gasteiger partial charge in [0.2, 0.25) is 5.95 Å². The van der Waals surface area contributed by atoms with Gasteiger partial charge in [-0.2, -0.15) is 0 Å². The van der Waals surface area contributed by atoms with Crippen LogP contribution in [0.5, 0.6) is 0 Å². The van der Waals surface area contributed by atoms with Crippen molar-refractivity contribution in [3.63, 3.8) is 0 Å². The van der Waals surface area contributed by atoms with Crippen LogP contribution in [0.1, 0.15) is 25.5 Å². The molecule has 1 rings (SSSR count). The molecule has 0 bridgehead atoms. The fourth-order valence-corrected chi connectivity index (χ4v) is 1.87. The number of ether oxygens (including phenoxy) is 2. The van der Waals surface area contributed by atoms with Gasteiger partial charge in [-0.3, -0.25) is 0 Å². The fourth-order valence-electron chi connectivity index (χ4n) is 1.87. The van der Waals surface area contributed by atoms with E-state index >= 15 is 0 Å². The normalized spacial score (nSPS) is 12.7. The Morgan fingerprint density at radius 3 is 2.78 bits per heavy atom. The summed E-state index contributed by atoms with van der Waals surface area (Å²) in [6, 6.07) is 0.259. The van der Waals surface area contributed by atoms with Gasteiger partial charge in [-0.25, -0.2) is 4.98 Å². The number of nitrogens with one attached hydrogen (secondary N) is 1. The molecule has 0 aromatic carbocycles. The average Bonchev–Trinajstić information content (AvgIpc) is 2.65. The largest absolute Gasteiger partial charge is 0.385 e. The van der Waals surface area contributed by atoms with E-state index in [0.717, 1.165) is 37.6 Å². The Balaban J connectivity index is 2.50. The third-order valence-electron chi connectivity index (χ3n) is 2.69. The van der Waals surface area contributed by atoms with Gasteiger partial charge in [0.15, 0.2) is 0 Å². The SMILES string of the molecule is COCCCCn1cc(C)nc1NC(C)COC. The lowest BCUT2D eigenvalue weighted by molar-refractivity contribution is 0.189. The number of aryl methyl sites for hydroxylation is 2. The first kappa shape index (κ1) is 15.0. The Kier molecular flexibility index (Phi) is 6.75. The van der Waals surface area contributed by atoms with Crippen LogP contribution in [0.15, 0.2) is 6.20 Å². The molecule has 0 fully saturated rings. The standard InChI is InChI=1S/C13H25N3O2/c1-11-9-16(7-5-6-8-17-3)13(14-11)15-12(2)10-18-4/h9,12H,5-8,10H2,1-4H3,(H,14,15). The number of unbranched alkanes of at least 4 members (excludes halogenated alkanes) is 1. The summed E-state index contributed by atoms with van der Waals surface area (Å²) in [5.41, 5.74) is 1.04. The number of hydrogen-bond acceptors (Lipinski definition) is 4. The van der Waals surface area contributed by atoms with E-state index in [1.165, 1.54) is 0 Å². The maximum absolute atomic E-state index is 5.12. The molecule has 0 saturated heterocycles. The maximum Gasteiger partial charge on any atom is 0.203 e. The molecule has 0 amide bonds. The Morgan fingerprint density at radius 1 is 1.33 bits per heavy atom. The predicted octanol–water partition coefficient (Wildman–Crippen LogP) is 2.06. The number of nitrogens with zero attached hydrogens (tertiary/aromatic N) is 2. The monoisotopic (exact) mass is 255 g/mol. The van der Waals surface area contributed by atoms with Crippen molar-refractivity contribution in [2.45, 2.75) is 39.3 Å². The summed E-state index contributed by atoms with van der Waals surface area (Å²) in [4.78, 5) is 4.50. The second kappa shape index (κ2) is 8.11. The smallest absolute Gasteiger partial charge is 0.203 e. The summed E-state index contributed by atoms with van der Waals surface area (Å²) >= 11 is 0. The van der Waals surface area contributed by atoms with Crippen molar-refractivity contribution in [3.05, 3.63) is 11.9 Å². The molecule has 0 saturated carbocycles. The molecular weight excluding hydrogens is 230 g/mol. The molecule has 1 atom stereocenters. The molecule has 1 aromatic rings. The minimum atomic E-state index is 0.259. The van der Waals surface area contributed by atoms with E-state index in [-0.39, 0.29) is 6.04 Å². The Hall–Kier alpha value is -1.07. The summed E-state index contributed by atoms with van der Waals surface area (Å²) in [6.45, 7) is 6.55. The van der Waals surface area contributed by atoms with Gasteiger partial charge in [-0.1, -0.05) is 0 Å². The van der Waals surface area contributed by atoms with E-state index in [2.05, 4.69) is 28.0 Å². The molecule has 0 aliphatic carbocycles. The van der Waals surface area contributed by atoms with Crippen LogP contribution >= 0.6 is 0 Å². The highest BCUT2D eigenvalue weighted by Crippen LogP contribution is 2.11. The lowest BCUT2D eigenvalue weighted by atomic mass is 10.3. The quantitative estimate of drug-likeness (QED) is 0.686. The van der Waals surface area contributed by atoms with Crippen LogP contribution in [0.2, 0.25) is 0 Å². The molecule has 0 radical (unpaired) electrons. The number of hydrogen-bond donors (Lipinski definition) is 1. The zero-order valence-corrected chi connectivity index (χ0v) is 11.9. The summed E-state index contributed by atoms with van der Waals surface area (Å²) < 4.78 is 12.3. The van der Waals surface area contributed by atoms with Gasteiger partial charge in [-0.15, -0.1) is 0 Å². The van der Waals surface area contributed by atoms with Crippen molar-refractivity contribution in [1.29, 1.82) is 0 Å². The topological polar surface area (TPSA) is 48.3 Å². The molecule has 5 nitrogen and oxygen atoms in total. The first-order valence-electron chi connectivity index (χ1n) is 6.45. The van der Waals surface area contributed by atoms with Crippen LogP contribution in [0.3, 0.4) is 0 Å². The molecule has 18 heavy (non-hydrogen) atoms. The van der Waals surface area contributed by atoms with Crippen molar-refractivity contribution in [1.82, 2.24) is 9.55 Å². The van der Waals surface area contributed by atoms with Gasteiger partial charge in [0, 0.05) is 39.6 Å². The van der Waals surface area contributed by atoms with Crippen LogP contribution in [-0.2, 0) is 16.0 Å². The van der Waals surface area contributed by atoms with E-state index < -0.39 is 0 Å². The van der Waals surface area contributed by atoms with E-state index in [4.69, 9.17) is 9.47 Å². The number of methoxy groups -OCH3 is 2. The lowest BCUT2D eigenvalue weighted by Gasteiger charge is -2.15. The van der Waals surface area contributed by atoms with Crippen LogP contribution in [0.25, 0.3) is 0 Å². The molecular formula is C13H25N3O2. The zero-order valence-electron chi connectivity index (χ0n) is 11.9. The summed E-state index contributed by atoms with van der Waals surface area (Å²) in [5.74, 6) is 0.925. The highest BCUT2D eigenvalue weighted by molar-refractivity contribution is 5.29. The van der Waals surface area contributed by atoms with Crippen molar-refractivity contribution in [2.24, 2.45) is 0 Å². The number of imidazole rings is 1. The van der Waals surface area contributed by atoms with E-state index in [1.54, 1.807) is 14.2 Å². The lowest BCUT2D eigenvalue weighted by Crippen LogP contribution is -2.23. The van der Waals surface area contributed by atoms with Crippen LogP contribution < -0.4 is 5.32 Å². The van der Waals surface area contributed by atoms with Gasteiger partial charge in [0.05, 0.1) is 12.3 Å². The number of aromatic nitrogens is 2. The number of anilines is 1. The van der Waals surface area contributed by atoms with Gasteiger partial charge in [0.25, 0.3) is 0 Å². The minimum Gasteiger partial charge on any atom is -0.385 e. The van der Waals surface area contributed by atoms with Gasteiger partial charge in [-0.05, 0) is 26.7 Å². The summed E-state index contributed by atoms with van der Waals surface area (Å²) in [5, 5.41) is 3.37. The van der Waals surface area contributed by atoms with Crippen LogP contribution in [-0.4, -0.2) is 43.0 Å². The molecule has 5 heteroatoms. The predicted molar refractivity (Wildman–Crippen MR) is 73.0 cm³/mol. The Morgan fingerprint density at radius 2 is 2.11 bits per heavy atom. The third-order valence-corrected chi connectivity index (χ3v) is 2.69. The second-order valence-corrected chi connectivity index (χ2v) is 4.60. The first-order chi connectivity index (χ1) is 8.67. The fraction of sp³-hybridized carbons (Fsp3) is 0.769. The van der Waals surface area contributed by atoms with Gasteiger partial charge < -0.3 is 19.4 Å². The maximum atomic E-state index is 5.12. The Bertz CT molecular complexity index is 339. The molecule has 1 N–H and O–H groups in total. The van der Waals surface area contributed by atoms with Crippen LogP contribution in [0, 0.1) is 6.92 Å². The van der Waals surface area contributed by atoms with E-state index in [0.29, 0.717) is 6.61 Å².